The molecule has 9 heteroatoms. The number of benzene rings is 1. The number of piperazine rings is 1. The molecule has 1 aromatic carbocycles. The van der Waals surface area contributed by atoms with Gasteiger partial charge in [0.1, 0.15) is 10.7 Å². The second kappa shape index (κ2) is 8.01. The summed E-state index contributed by atoms with van der Waals surface area (Å²) < 4.78 is 4.92. The number of aromatic nitrogens is 1. The van der Waals surface area contributed by atoms with Crippen molar-refractivity contribution in [3.63, 3.8) is 0 Å². The van der Waals surface area contributed by atoms with Gasteiger partial charge in [0.25, 0.3) is 5.91 Å². The first kappa shape index (κ1) is 18.5. The van der Waals surface area contributed by atoms with Crippen molar-refractivity contribution < 1.29 is 14.1 Å². The van der Waals surface area contributed by atoms with E-state index in [4.69, 9.17) is 4.42 Å². The molecule has 0 atom stereocenters. The summed E-state index contributed by atoms with van der Waals surface area (Å²) in [6.45, 7) is 3.51. The lowest BCUT2D eigenvalue weighted by Gasteiger charge is -2.36. The number of pyridine rings is 1. The van der Waals surface area contributed by atoms with Crippen LogP contribution in [0, 0.1) is 10.1 Å². The second-order valence-electron chi connectivity index (χ2n) is 6.56. The van der Waals surface area contributed by atoms with Crippen molar-refractivity contribution in [3.8, 4) is 0 Å². The summed E-state index contributed by atoms with van der Waals surface area (Å²) >= 11 is 0. The maximum Gasteiger partial charge on any atom is 0.433 e. The Balaban J connectivity index is 1.34. The average molecular weight is 393 g/mol. The van der Waals surface area contributed by atoms with Crippen LogP contribution in [0.25, 0.3) is 0 Å². The van der Waals surface area contributed by atoms with Crippen LogP contribution < -0.4 is 15.1 Å². The normalized spacial score (nSPS) is 13.9. The molecule has 1 fully saturated rings. The van der Waals surface area contributed by atoms with Crippen LogP contribution >= 0.6 is 0 Å². The molecule has 29 heavy (non-hydrogen) atoms. The number of hydrogen-bond donors (Lipinski definition) is 1. The Hall–Kier alpha value is -3.88. The fraction of sp³-hybridized carbons (Fsp3) is 0.200. The van der Waals surface area contributed by atoms with E-state index < -0.39 is 16.7 Å². The van der Waals surface area contributed by atoms with Gasteiger partial charge >= 0.3 is 5.88 Å². The molecule has 0 saturated carbocycles. The van der Waals surface area contributed by atoms with Crippen LogP contribution in [0.4, 0.5) is 23.1 Å². The molecule has 4 rings (SSSR count). The number of rotatable bonds is 5. The first-order chi connectivity index (χ1) is 14.1. The molecular formula is C20H19N5O4. The van der Waals surface area contributed by atoms with E-state index in [0.29, 0.717) is 5.69 Å². The molecule has 0 spiro atoms. The highest BCUT2D eigenvalue weighted by Crippen LogP contribution is 2.22. The lowest BCUT2D eigenvalue weighted by Crippen LogP contribution is -2.46. The molecule has 2 aromatic heterocycles. The predicted octanol–water partition coefficient (Wildman–Crippen LogP) is 3.16. The number of carbonyl (C=O) groups is 1. The van der Waals surface area contributed by atoms with Crippen LogP contribution in [-0.4, -0.2) is 42.0 Å². The Morgan fingerprint density at radius 1 is 1.00 bits per heavy atom. The van der Waals surface area contributed by atoms with Gasteiger partial charge in [0.15, 0.2) is 5.76 Å². The van der Waals surface area contributed by atoms with Gasteiger partial charge in [0.2, 0.25) is 0 Å². The van der Waals surface area contributed by atoms with Crippen LogP contribution in [-0.2, 0) is 0 Å². The highest BCUT2D eigenvalue weighted by molar-refractivity contribution is 6.02. The second-order valence-corrected chi connectivity index (χ2v) is 6.56. The molecule has 0 aliphatic carbocycles. The average Bonchev–Trinajstić information content (AvgIpc) is 3.26. The van der Waals surface area contributed by atoms with Gasteiger partial charge in [-0.05, 0) is 42.5 Å². The van der Waals surface area contributed by atoms with Crippen LogP contribution in [0.2, 0.25) is 0 Å². The van der Waals surface area contributed by atoms with Gasteiger partial charge < -0.3 is 19.5 Å². The predicted molar refractivity (Wildman–Crippen MR) is 108 cm³/mol. The molecule has 1 aliphatic heterocycles. The maximum absolute atomic E-state index is 12.2. The Labute approximate surface area is 166 Å². The first-order valence-corrected chi connectivity index (χ1v) is 9.17. The summed E-state index contributed by atoms with van der Waals surface area (Å²) in [7, 11) is 0. The SMILES string of the molecule is O=C(Nc1ccc(N2CCN(c3ccccn3)CC2)cc1)c1ccc([N+](=O)[O-])o1. The van der Waals surface area contributed by atoms with Crippen molar-refractivity contribution in [2.24, 2.45) is 0 Å². The van der Waals surface area contributed by atoms with Crippen molar-refractivity contribution >= 4 is 29.0 Å². The molecule has 3 heterocycles. The fourth-order valence-corrected chi connectivity index (χ4v) is 3.23. The molecule has 1 aliphatic rings. The van der Waals surface area contributed by atoms with Gasteiger partial charge in [-0.1, -0.05) is 6.07 Å². The first-order valence-electron chi connectivity index (χ1n) is 9.17. The fourth-order valence-electron chi connectivity index (χ4n) is 3.23. The summed E-state index contributed by atoms with van der Waals surface area (Å²) in [5, 5.41) is 13.3. The Kier molecular flexibility index (Phi) is 5.10. The smallest absolute Gasteiger partial charge is 0.395 e. The molecule has 1 amide bonds. The van der Waals surface area contributed by atoms with Gasteiger partial charge in [0.05, 0.1) is 6.07 Å². The lowest BCUT2D eigenvalue weighted by atomic mass is 10.2. The minimum Gasteiger partial charge on any atom is -0.395 e. The van der Waals surface area contributed by atoms with E-state index >= 15 is 0 Å². The lowest BCUT2D eigenvalue weighted by molar-refractivity contribution is -0.402. The van der Waals surface area contributed by atoms with E-state index in [-0.39, 0.29) is 5.76 Å². The van der Waals surface area contributed by atoms with Gasteiger partial charge in [-0.15, -0.1) is 0 Å². The van der Waals surface area contributed by atoms with Crippen LogP contribution in [0.1, 0.15) is 10.6 Å². The van der Waals surface area contributed by atoms with Gasteiger partial charge in [-0.25, -0.2) is 4.98 Å². The number of nitrogens with zero attached hydrogens (tertiary/aromatic N) is 4. The van der Waals surface area contributed by atoms with Crippen molar-refractivity contribution in [1.82, 2.24) is 4.98 Å². The van der Waals surface area contributed by atoms with Crippen LogP contribution in [0.15, 0.2) is 65.2 Å². The topological polar surface area (TPSA) is 105 Å². The van der Waals surface area contributed by atoms with Gasteiger partial charge in [0, 0.05) is 43.8 Å². The van der Waals surface area contributed by atoms with Crippen molar-refractivity contribution in [2.45, 2.75) is 0 Å². The minimum absolute atomic E-state index is 0.105. The van der Waals surface area contributed by atoms with Crippen LogP contribution in [0.3, 0.4) is 0 Å². The number of anilines is 3. The van der Waals surface area contributed by atoms with Crippen molar-refractivity contribution in [3.05, 3.63) is 76.7 Å². The largest absolute Gasteiger partial charge is 0.433 e. The molecule has 1 N–H and O–H groups in total. The number of hydrogen-bond acceptors (Lipinski definition) is 7. The summed E-state index contributed by atoms with van der Waals surface area (Å²) in [6.07, 6.45) is 1.80. The number of carbonyl (C=O) groups excluding carboxylic acids is 1. The third kappa shape index (κ3) is 4.18. The zero-order chi connectivity index (χ0) is 20.2. The number of nitro groups is 1. The zero-order valence-electron chi connectivity index (χ0n) is 15.5. The van der Waals surface area contributed by atoms with E-state index in [0.717, 1.165) is 43.8 Å². The standard InChI is InChI=1S/C20H19N5O4/c26-20(17-8-9-19(29-17)25(27)28)22-15-4-6-16(7-5-15)23-11-13-24(14-12-23)18-3-1-2-10-21-18/h1-10H,11-14H2,(H,22,26). The molecule has 148 valence electrons. The quantitative estimate of drug-likeness (QED) is 0.524. The Bertz CT molecular complexity index is 995. The zero-order valence-corrected chi connectivity index (χ0v) is 15.5. The van der Waals surface area contributed by atoms with Gasteiger partial charge in [-0.2, -0.15) is 0 Å². The van der Waals surface area contributed by atoms with E-state index in [1.165, 1.54) is 6.07 Å². The van der Waals surface area contributed by atoms with E-state index in [2.05, 4.69) is 20.1 Å². The summed E-state index contributed by atoms with van der Waals surface area (Å²) in [4.78, 5) is 31.1. The molecule has 9 nitrogen and oxygen atoms in total. The van der Waals surface area contributed by atoms with E-state index in [1.54, 1.807) is 18.3 Å². The Morgan fingerprint density at radius 3 is 2.34 bits per heavy atom. The number of amides is 1. The number of furan rings is 1. The molecule has 0 radical (unpaired) electrons. The molecule has 3 aromatic rings. The van der Waals surface area contributed by atoms with Crippen LogP contribution in [0.5, 0.6) is 0 Å². The minimum atomic E-state index is -0.681. The highest BCUT2D eigenvalue weighted by Gasteiger charge is 2.19. The third-order valence-electron chi connectivity index (χ3n) is 4.74. The Morgan fingerprint density at radius 2 is 1.72 bits per heavy atom. The maximum atomic E-state index is 12.2. The van der Waals surface area contributed by atoms with Crippen molar-refractivity contribution in [2.75, 3.05) is 41.3 Å². The summed E-state index contributed by atoms with van der Waals surface area (Å²) in [5.74, 6) is -0.111. The highest BCUT2D eigenvalue weighted by atomic mass is 16.6. The number of nitrogens with one attached hydrogen (secondary N) is 1. The molecular weight excluding hydrogens is 374 g/mol. The monoisotopic (exact) mass is 393 g/mol. The third-order valence-corrected chi connectivity index (χ3v) is 4.74. The van der Waals surface area contributed by atoms with Crippen molar-refractivity contribution in [1.29, 1.82) is 0 Å². The molecule has 0 unspecified atom stereocenters. The molecule has 0 bridgehead atoms. The van der Waals surface area contributed by atoms with E-state index in [9.17, 15) is 14.9 Å². The van der Waals surface area contributed by atoms with Gasteiger partial charge in [-0.3, -0.25) is 14.9 Å². The molecule has 1 saturated heterocycles. The summed E-state index contributed by atoms with van der Waals surface area (Å²) in [5.41, 5.74) is 1.65. The van der Waals surface area contributed by atoms with E-state index in [1.807, 2.05) is 30.3 Å². The summed E-state index contributed by atoms with van der Waals surface area (Å²) in [6, 6.07) is 15.8.